The molecular formula is C16H12F3N3O3S. The normalized spacial score (nSPS) is 11.6. The summed E-state index contributed by atoms with van der Waals surface area (Å²) in [5.41, 5.74) is -0.480. The number of hydrogen-bond donors (Lipinski definition) is 2. The zero-order valence-electron chi connectivity index (χ0n) is 13.5. The van der Waals surface area contributed by atoms with Gasteiger partial charge in [0, 0.05) is 0 Å². The molecule has 26 heavy (non-hydrogen) atoms. The van der Waals surface area contributed by atoms with Gasteiger partial charge in [-0.1, -0.05) is 12.1 Å². The largest absolute Gasteiger partial charge is 0.495 e. The Labute approximate surface area is 148 Å². The van der Waals surface area contributed by atoms with Crippen LogP contribution in [-0.4, -0.2) is 23.0 Å². The van der Waals surface area contributed by atoms with Gasteiger partial charge < -0.3 is 15.0 Å². The number of fused-ring (bicyclic) bond motifs is 1. The molecule has 2 heterocycles. The third kappa shape index (κ3) is 3.15. The minimum Gasteiger partial charge on any atom is -0.495 e. The van der Waals surface area contributed by atoms with Crippen LogP contribution in [0.5, 0.6) is 5.75 Å². The number of methoxy groups -OCH3 is 1. The molecule has 0 aliphatic carbocycles. The first-order chi connectivity index (χ1) is 12.2. The van der Waals surface area contributed by atoms with Crippen LogP contribution in [0, 0.1) is 6.92 Å². The molecule has 1 aromatic carbocycles. The minimum absolute atomic E-state index is 0.0410. The van der Waals surface area contributed by atoms with Gasteiger partial charge in [-0.05, 0) is 24.6 Å². The Morgan fingerprint density at radius 3 is 2.65 bits per heavy atom. The van der Waals surface area contributed by atoms with Crippen molar-refractivity contribution in [3.63, 3.8) is 0 Å². The lowest BCUT2D eigenvalue weighted by atomic mass is 10.2. The van der Waals surface area contributed by atoms with Gasteiger partial charge in [0.15, 0.2) is 0 Å². The molecule has 2 N–H and O–H groups in total. The van der Waals surface area contributed by atoms with Gasteiger partial charge in [-0.3, -0.25) is 9.59 Å². The minimum atomic E-state index is -4.79. The summed E-state index contributed by atoms with van der Waals surface area (Å²) < 4.78 is 43.6. The Morgan fingerprint density at radius 1 is 1.31 bits per heavy atom. The van der Waals surface area contributed by atoms with Gasteiger partial charge in [0.05, 0.1) is 23.2 Å². The van der Waals surface area contributed by atoms with Crippen molar-refractivity contribution in [3.8, 4) is 5.75 Å². The molecule has 3 rings (SSSR count). The second-order valence-electron chi connectivity index (χ2n) is 5.30. The molecular weight excluding hydrogens is 371 g/mol. The number of benzene rings is 1. The topological polar surface area (TPSA) is 84.1 Å². The Bertz CT molecular complexity index is 1060. The van der Waals surface area contributed by atoms with Crippen molar-refractivity contribution in [2.24, 2.45) is 0 Å². The van der Waals surface area contributed by atoms with E-state index in [2.05, 4.69) is 10.3 Å². The van der Waals surface area contributed by atoms with Gasteiger partial charge in [-0.25, -0.2) is 4.98 Å². The van der Waals surface area contributed by atoms with Gasteiger partial charge in [-0.2, -0.15) is 13.2 Å². The van der Waals surface area contributed by atoms with E-state index in [0.717, 1.165) is 11.3 Å². The first-order valence-electron chi connectivity index (χ1n) is 7.27. The van der Waals surface area contributed by atoms with Crippen LogP contribution in [0.1, 0.15) is 21.1 Å². The number of amides is 1. The number of aromatic amines is 1. The number of carbonyl (C=O) groups excluding carboxylic acids is 1. The number of aromatic nitrogens is 2. The molecule has 0 saturated carbocycles. The van der Waals surface area contributed by atoms with Crippen molar-refractivity contribution in [1.82, 2.24) is 9.97 Å². The van der Waals surface area contributed by atoms with E-state index >= 15 is 0 Å². The van der Waals surface area contributed by atoms with Crippen LogP contribution in [0.4, 0.5) is 18.9 Å². The molecule has 0 radical (unpaired) electrons. The van der Waals surface area contributed by atoms with Crippen molar-refractivity contribution in [2.75, 3.05) is 12.4 Å². The van der Waals surface area contributed by atoms with Crippen molar-refractivity contribution in [2.45, 2.75) is 13.1 Å². The second kappa shape index (κ2) is 6.45. The van der Waals surface area contributed by atoms with Gasteiger partial charge in [0.25, 0.3) is 11.5 Å². The lowest BCUT2D eigenvalue weighted by molar-refractivity contribution is -0.144. The fourth-order valence-electron chi connectivity index (χ4n) is 2.38. The van der Waals surface area contributed by atoms with Crippen LogP contribution in [0.15, 0.2) is 29.1 Å². The molecule has 136 valence electrons. The molecule has 0 aliphatic rings. The van der Waals surface area contributed by atoms with E-state index in [1.807, 2.05) is 0 Å². The zero-order chi connectivity index (χ0) is 19.1. The van der Waals surface area contributed by atoms with Crippen LogP contribution in [0.3, 0.4) is 0 Å². The average molecular weight is 383 g/mol. The monoisotopic (exact) mass is 383 g/mol. The van der Waals surface area contributed by atoms with E-state index in [-0.39, 0.29) is 20.7 Å². The molecule has 6 nitrogen and oxygen atoms in total. The lowest BCUT2D eigenvalue weighted by Crippen LogP contribution is -2.18. The highest BCUT2D eigenvalue weighted by molar-refractivity contribution is 7.21. The molecule has 0 saturated heterocycles. The standard InChI is InChI=1S/C16H12F3N3O3S/c1-7-10-12(14(24)22-15(21-10)16(17,18)19)26-11(7)13(23)20-8-5-3-4-6-9(8)25-2/h3-6H,1-2H3,(H,20,23)(H,21,22,24). The van der Waals surface area contributed by atoms with Crippen molar-refractivity contribution in [3.05, 3.63) is 50.9 Å². The number of H-pyrrole nitrogens is 1. The summed E-state index contributed by atoms with van der Waals surface area (Å²) in [5.74, 6) is -1.54. The summed E-state index contributed by atoms with van der Waals surface area (Å²) in [5, 5.41) is 2.63. The number of nitrogens with one attached hydrogen (secondary N) is 2. The smallest absolute Gasteiger partial charge is 0.449 e. The zero-order valence-corrected chi connectivity index (χ0v) is 14.3. The Morgan fingerprint density at radius 2 is 2.00 bits per heavy atom. The van der Waals surface area contributed by atoms with E-state index < -0.39 is 23.5 Å². The number of para-hydroxylation sites is 2. The maximum Gasteiger partial charge on any atom is 0.449 e. The summed E-state index contributed by atoms with van der Waals surface area (Å²) >= 11 is 0.784. The number of nitrogens with zero attached hydrogens (tertiary/aromatic N) is 1. The Kier molecular flexibility index (Phi) is 4.45. The maximum atomic E-state index is 12.8. The second-order valence-corrected chi connectivity index (χ2v) is 6.32. The number of ether oxygens (including phenoxy) is 1. The molecule has 1 amide bonds. The van der Waals surface area contributed by atoms with Gasteiger partial charge in [0.1, 0.15) is 10.4 Å². The van der Waals surface area contributed by atoms with Gasteiger partial charge >= 0.3 is 6.18 Å². The summed E-state index contributed by atoms with van der Waals surface area (Å²) in [7, 11) is 1.44. The molecule has 0 fully saturated rings. The summed E-state index contributed by atoms with van der Waals surface area (Å²) in [6.45, 7) is 1.45. The number of anilines is 1. The van der Waals surface area contributed by atoms with Crippen molar-refractivity contribution >= 4 is 33.1 Å². The van der Waals surface area contributed by atoms with Crippen LogP contribution >= 0.6 is 11.3 Å². The Balaban J connectivity index is 2.06. The number of halogens is 3. The van der Waals surface area contributed by atoms with Crippen LogP contribution in [-0.2, 0) is 6.18 Å². The number of carbonyl (C=O) groups is 1. The molecule has 0 atom stereocenters. The fraction of sp³-hybridized carbons (Fsp3) is 0.188. The van der Waals surface area contributed by atoms with Crippen LogP contribution in [0.25, 0.3) is 10.2 Å². The highest BCUT2D eigenvalue weighted by Crippen LogP contribution is 2.32. The van der Waals surface area contributed by atoms with E-state index in [0.29, 0.717) is 11.4 Å². The molecule has 0 bridgehead atoms. The number of hydrogen-bond acceptors (Lipinski definition) is 5. The molecule has 0 unspecified atom stereocenters. The van der Waals surface area contributed by atoms with E-state index in [1.54, 1.807) is 29.2 Å². The SMILES string of the molecule is COc1ccccc1NC(=O)c1sc2c(=O)[nH]c(C(F)(F)F)nc2c1C. The first kappa shape index (κ1) is 17.9. The fourth-order valence-corrected chi connectivity index (χ4v) is 3.41. The highest BCUT2D eigenvalue weighted by Gasteiger charge is 2.35. The third-order valence-electron chi connectivity index (χ3n) is 3.61. The van der Waals surface area contributed by atoms with E-state index in [1.165, 1.54) is 14.0 Å². The third-order valence-corrected chi connectivity index (χ3v) is 4.89. The summed E-state index contributed by atoms with van der Waals surface area (Å²) in [6, 6.07) is 6.68. The lowest BCUT2D eigenvalue weighted by Gasteiger charge is -2.09. The predicted molar refractivity (Wildman–Crippen MR) is 90.9 cm³/mol. The molecule has 0 spiro atoms. The van der Waals surface area contributed by atoms with E-state index in [4.69, 9.17) is 4.74 Å². The van der Waals surface area contributed by atoms with Crippen molar-refractivity contribution in [1.29, 1.82) is 0 Å². The van der Waals surface area contributed by atoms with Crippen LogP contribution < -0.4 is 15.6 Å². The number of rotatable bonds is 3. The Hall–Kier alpha value is -2.88. The molecule has 10 heteroatoms. The van der Waals surface area contributed by atoms with Crippen LogP contribution in [0.2, 0.25) is 0 Å². The average Bonchev–Trinajstić information content (AvgIpc) is 2.92. The number of alkyl halides is 3. The van der Waals surface area contributed by atoms with E-state index in [9.17, 15) is 22.8 Å². The summed E-state index contributed by atoms with van der Waals surface area (Å²) in [4.78, 5) is 29.8. The quantitative estimate of drug-likeness (QED) is 0.724. The molecule has 0 aliphatic heterocycles. The first-order valence-corrected chi connectivity index (χ1v) is 8.09. The summed E-state index contributed by atoms with van der Waals surface area (Å²) in [6.07, 6.45) is -4.79. The number of aryl methyl sites for hydroxylation is 1. The number of thiophene rings is 1. The highest BCUT2D eigenvalue weighted by atomic mass is 32.1. The molecule has 3 aromatic rings. The van der Waals surface area contributed by atoms with Gasteiger partial charge in [-0.15, -0.1) is 11.3 Å². The van der Waals surface area contributed by atoms with Gasteiger partial charge in [0.2, 0.25) is 5.82 Å². The van der Waals surface area contributed by atoms with Crippen molar-refractivity contribution < 1.29 is 22.7 Å². The maximum absolute atomic E-state index is 12.8. The predicted octanol–water partition coefficient (Wildman–Crippen LogP) is 3.57. The molecule has 2 aromatic heterocycles.